The highest BCUT2D eigenvalue weighted by atomic mass is 15.1. The zero-order chi connectivity index (χ0) is 18.1. The summed E-state index contributed by atoms with van der Waals surface area (Å²) in [5.74, 6) is 7.50. The molecule has 0 spiro atoms. The van der Waals surface area contributed by atoms with Crippen molar-refractivity contribution in [1.29, 1.82) is 0 Å². The van der Waals surface area contributed by atoms with E-state index in [1.807, 2.05) is 54.7 Å². The number of aromatic amines is 1. The molecule has 0 saturated carbocycles. The molecule has 0 bridgehead atoms. The molecule has 3 aromatic carbocycles. The Labute approximate surface area is 157 Å². The zero-order valence-corrected chi connectivity index (χ0v) is 14.7. The summed E-state index contributed by atoms with van der Waals surface area (Å²) in [6, 6.07) is 26.6. The van der Waals surface area contributed by atoms with E-state index in [0.29, 0.717) is 6.54 Å². The molecule has 0 aliphatic heterocycles. The highest BCUT2D eigenvalue weighted by Gasteiger charge is 2.15. The lowest BCUT2D eigenvalue weighted by atomic mass is 10.1. The SMILES string of the molecule is C(#Cc1ccccc1)Cn1c(-c2c[nH]c3ccccc23)nc2ccccc21. The molecular weight excluding hydrogens is 330 g/mol. The van der Waals surface area contributed by atoms with Gasteiger partial charge < -0.3 is 9.55 Å². The fourth-order valence-corrected chi connectivity index (χ4v) is 3.44. The minimum Gasteiger partial charge on any atom is -0.360 e. The van der Waals surface area contributed by atoms with Crippen molar-refractivity contribution in [2.75, 3.05) is 0 Å². The standard InChI is InChI=1S/C24H17N3/c1-2-9-18(10-3-1)11-8-16-27-23-15-7-6-14-22(23)26-24(27)20-17-25-21-13-5-4-12-19(20)21/h1-7,9-10,12-15,17,25H,16H2. The number of imidazole rings is 1. The van der Waals surface area contributed by atoms with E-state index in [1.165, 1.54) is 5.39 Å². The van der Waals surface area contributed by atoms with Crippen LogP contribution in [0.4, 0.5) is 0 Å². The minimum absolute atomic E-state index is 0.588. The Hall–Kier alpha value is -3.77. The number of nitrogens with zero attached hydrogens (tertiary/aromatic N) is 2. The Bertz CT molecular complexity index is 1300. The van der Waals surface area contributed by atoms with Crippen molar-refractivity contribution in [2.24, 2.45) is 0 Å². The molecule has 0 amide bonds. The molecule has 0 aliphatic rings. The Morgan fingerprint density at radius 3 is 2.56 bits per heavy atom. The summed E-state index contributed by atoms with van der Waals surface area (Å²) in [5.41, 5.74) is 5.32. The number of hydrogen-bond acceptors (Lipinski definition) is 1. The first kappa shape index (κ1) is 15.5. The first-order valence-electron chi connectivity index (χ1n) is 8.96. The number of fused-ring (bicyclic) bond motifs is 2. The van der Waals surface area contributed by atoms with Crippen molar-refractivity contribution >= 4 is 21.9 Å². The molecule has 3 heteroatoms. The first-order valence-corrected chi connectivity index (χ1v) is 8.96. The Morgan fingerprint density at radius 2 is 1.63 bits per heavy atom. The van der Waals surface area contributed by atoms with Crippen LogP contribution >= 0.6 is 0 Å². The van der Waals surface area contributed by atoms with Gasteiger partial charge in [-0.1, -0.05) is 60.4 Å². The van der Waals surface area contributed by atoms with Gasteiger partial charge in [0.15, 0.2) is 0 Å². The molecule has 0 unspecified atom stereocenters. The van der Waals surface area contributed by atoms with Gasteiger partial charge in [0, 0.05) is 28.2 Å². The summed E-state index contributed by atoms with van der Waals surface area (Å²) < 4.78 is 2.20. The van der Waals surface area contributed by atoms with Crippen molar-refractivity contribution in [3.8, 4) is 23.2 Å². The second-order valence-corrected chi connectivity index (χ2v) is 6.43. The Balaban J connectivity index is 1.65. The molecule has 128 valence electrons. The van der Waals surface area contributed by atoms with Gasteiger partial charge in [0.2, 0.25) is 0 Å². The third-order valence-corrected chi connectivity index (χ3v) is 4.73. The number of benzene rings is 3. The summed E-state index contributed by atoms with van der Waals surface area (Å²) in [6.45, 7) is 0.588. The van der Waals surface area contributed by atoms with E-state index >= 15 is 0 Å². The molecule has 3 nitrogen and oxygen atoms in total. The van der Waals surface area contributed by atoms with Gasteiger partial charge in [-0.3, -0.25) is 0 Å². The number of aromatic nitrogens is 3. The highest BCUT2D eigenvalue weighted by molar-refractivity contribution is 5.95. The molecule has 0 aliphatic carbocycles. The maximum Gasteiger partial charge on any atom is 0.144 e. The zero-order valence-electron chi connectivity index (χ0n) is 14.7. The molecule has 0 atom stereocenters. The molecule has 2 aromatic heterocycles. The summed E-state index contributed by atoms with van der Waals surface area (Å²) in [6.07, 6.45) is 2.03. The fraction of sp³-hybridized carbons (Fsp3) is 0.0417. The lowest BCUT2D eigenvalue weighted by Gasteiger charge is -2.04. The molecule has 5 rings (SSSR count). The summed E-state index contributed by atoms with van der Waals surface area (Å²) in [7, 11) is 0. The molecule has 5 aromatic rings. The largest absolute Gasteiger partial charge is 0.360 e. The van der Waals surface area contributed by atoms with Crippen LogP contribution in [0.15, 0.2) is 85.1 Å². The van der Waals surface area contributed by atoms with Crippen LogP contribution in [0.1, 0.15) is 5.56 Å². The van der Waals surface area contributed by atoms with Crippen LogP contribution in [-0.2, 0) is 6.54 Å². The fourth-order valence-electron chi connectivity index (χ4n) is 3.44. The second kappa shape index (κ2) is 6.51. The van der Waals surface area contributed by atoms with Crippen LogP contribution in [0.5, 0.6) is 0 Å². The number of H-pyrrole nitrogens is 1. The average Bonchev–Trinajstić information content (AvgIpc) is 3.30. The van der Waals surface area contributed by atoms with Gasteiger partial charge in [-0.25, -0.2) is 4.98 Å². The van der Waals surface area contributed by atoms with Gasteiger partial charge in [0.05, 0.1) is 17.6 Å². The van der Waals surface area contributed by atoms with E-state index in [9.17, 15) is 0 Å². The normalized spacial score (nSPS) is 10.8. The van der Waals surface area contributed by atoms with Crippen LogP contribution in [-0.4, -0.2) is 14.5 Å². The van der Waals surface area contributed by atoms with Crippen LogP contribution in [0.25, 0.3) is 33.3 Å². The number of para-hydroxylation sites is 3. The van der Waals surface area contributed by atoms with Gasteiger partial charge >= 0.3 is 0 Å². The van der Waals surface area contributed by atoms with E-state index in [2.05, 4.69) is 51.7 Å². The molecule has 0 fully saturated rings. The van der Waals surface area contributed by atoms with Gasteiger partial charge in [-0.05, 0) is 30.3 Å². The molecule has 0 saturated heterocycles. The van der Waals surface area contributed by atoms with Gasteiger partial charge in [-0.2, -0.15) is 0 Å². The van der Waals surface area contributed by atoms with Gasteiger partial charge in [-0.15, -0.1) is 0 Å². The summed E-state index contributed by atoms with van der Waals surface area (Å²) in [4.78, 5) is 8.26. The molecule has 2 heterocycles. The van der Waals surface area contributed by atoms with E-state index in [1.54, 1.807) is 0 Å². The topological polar surface area (TPSA) is 33.6 Å². The highest BCUT2D eigenvalue weighted by Crippen LogP contribution is 2.30. The van der Waals surface area contributed by atoms with Crippen molar-refractivity contribution in [2.45, 2.75) is 6.54 Å². The average molecular weight is 347 g/mol. The maximum absolute atomic E-state index is 4.91. The predicted octanol–water partition coefficient (Wildman–Crippen LogP) is 5.24. The van der Waals surface area contributed by atoms with Gasteiger partial charge in [0.25, 0.3) is 0 Å². The predicted molar refractivity (Wildman–Crippen MR) is 110 cm³/mol. The summed E-state index contributed by atoms with van der Waals surface area (Å²) >= 11 is 0. The van der Waals surface area contributed by atoms with Crippen LogP contribution < -0.4 is 0 Å². The van der Waals surface area contributed by atoms with Crippen molar-refractivity contribution in [3.63, 3.8) is 0 Å². The van der Waals surface area contributed by atoms with Gasteiger partial charge in [0.1, 0.15) is 5.82 Å². The molecule has 1 N–H and O–H groups in total. The van der Waals surface area contributed by atoms with Crippen LogP contribution in [0.3, 0.4) is 0 Å². The Morgan fingerprint density at radius 1 is 0.852 bits per heavy atom. The van der Waals surface area contributed by atoms with Crippen molar-refractivity contribution in [1.82, 2.24) is 14.5 Å². The molecular formula is C24H17N3. The third-order valence-electron chi connectivity index (χ3n) is 4.73. The lowest BCUT2D eigenvalue weighted by Crippen LogP contribution is -1.98. The second-order valence-electron chi connectivity index (χ2n) is 6.43. The first-order chi connectivity index (χ1) is 13.4. The van der Waals surface area contributed by atoms with Crippen LogP contribution in [0, 0.1) is 11.8 Å². The Kier molecular flexibility index (Phi) is 3.73. The number of rotatable bonds is 2. The molecule has 27 heavy (non-hydrogen) atoms. The molecule has 0 radical (unpaired) electrons. The minimum atomic E-state index is 0.588. The smallest absolute Gasteiger partial charge is 0.144 e. The van der Waals surface area contributed by atoms with Crippen molar-refractivity contribution < 1.29 is 0 Å². The number of hydrogen-bond donors (Lipinski definition) is 1. The van der Waals surface area contributed by atoms with Crippen LogP contribution in [0.2, 0.25) is 0 Å². The lowest BCUT2D eigenvalue weighted by molar-refractivity contribution is 0.882. The van der Waals surface area contributed by atoms with E-state index < -0.39 is 0 Å². The maximum atomic E-state index is 4.91. The van der Waals surface area contributed by atoms with E-state index in [4.69, 9.17) is 4.98 Å². The quantitative estimate of drug-likeness (QED) is 0.436. The van der Waals surface area contributed by atoms with E-state index in [-0.39, 0.29) is 0 Å². The van der Waals surface area contributed by atoms with E-state index in [0.717, 1.165) is 33.5 Å². The van der Waals surface area contributed by atoms with Crippen molar-refractivity contribution in [3.05, 3.63) is 90.6 Å². The number of nitrogens with one attached hydrogen (secondary N) is 1. The summed E-state index contributed by atoms with van der Waals surface area (Å²) in [5, 5.41) is 1.17. The monoisotopic (exact) mass is 347 g/mol. The third kappa shape index (κ3) is 2.78.